The molecule has 0 unspecified atom stereocenters. The molecule has 50 heavy (non-hydrogen) atoms. The number of esters is 1. The van der Waals surface area contributed by atoms with E-state index in [0.717, 1.165) is 63.6 Å². The lowest BCUT2D eigenvalue weighted by Gasteiger charge is -2.34. The highest BCUT2D eigenvalue weighted by atomic mass is 28.4. The first kappa shape index (κ1) is 48.2. The van der Waals surface area contributed by atoms with E-state index in [-0.39, 0.29) is 30.2 Å². The van der Waals surface area contributed by atoms with Gasteiger partial charge >= 0.3 is 5.97 Å². The normalized spacial score (nSPS) is 12.7. The highest BCUT2D eigenvalue weighted by Gasteiger charge is 2.32. The van der Waals surface area contributed by atoms with Gasteiger partial charge in [-0.1, -0.05) is 45.1 Å². The molecule has 0 aromatic rings. The molecule has 0 atom stereocenters. The third kappa shape index (κ3) is 27.8. The van der Waals surface area contributed by atoms with Crippen molar-refractivity contribution in [3.05, 3.63) is 12.2 Å². The number of unbranched alkanes of at least 4 members (excludes halogenated alkanes) is 3. The van der Waals surface area contributed by atoms with Crippen LogP contribution in [0.25, 0.3) is 0 Å². The molecule has 0 aromatic heterocycles. The highest BCUT2D eigenvalue weighted by molar-refractivity contribution is 6.84. The maximum Gasteiger partial charge on any atom is 0.333 e. The number of carbonyl (C=O) groups excluding carboxylic acids is 4. The minimum absolute atomic E-state index is 0.00364. The fourth-order valence-electron chi connectivity index (χ4n) is 5.90. The minimum atomic E-state index is -1.83. The van der Waals surface area contributed by atoms with Crippen LogP contribution in [-0.4, -0.2) is 138 Å². The van der Waals surface area contributed by atoms with Crippen LogP contribution >= 0.6 is 0 Å². The molecule has 0 fully saturated rings. The van der Waals surface area contributed by atoms with Crippen LogP contribution < -0.4 is 16.0 Å². The summed E-state index contributed by atoms with van der Waals surface area (Å²) < 4.78 is 12.9. The molecule has 292 valence electrons. The first-order valence-corrected chi connectivity index (χ1v) is 28.7. The van der Waals surface area contributed by atoms with Crippen LogP contribution in [-0.2, 0) is 28.0 Å². The van der Waals surface area contributed by atoms with Gasteiger partial charge in [0.25, 0.3) is 17.7 Å². The Kier molecular flexibility index (Phi) is 22.1. The predicted molar refractivity (Wildman–Crippen MR) is 215 cm³/mol. The number of amides is 3. The van der Waals surface area contributed by atoms with Crippen molar-refractivity contribution in [1.82, 2.24) is 16.0 Å². The Morgan fingerprint density at radius 1 is 0.580 bits per heavy atom. The van der Waals surface area contributed by atoms with E-state index in [9.17, 15) is 19.2 Å². The number of carbonyl (C=O) groups is 4. The average molecular weight is 760 g/mol. The maximum absolute atomic E-state index is 12.6. The molecule has 0 heterocycles. The Morgan fingerprint density at radius 3 is 1.42 bits per heavy atom. The molecule has 14 heteroatoms. The van der Waals surface area contributed by atoms with Crippen molar-refractivity contribution in [1.29, 1.82) is 0 Å². The van der Waals surface area contributed by atoms with Crippen molar-refractivity contribution < 1.29 is 37.0 Å². The van der Waals surface area contributed by atoms with Gasteiger partial charge in [0.2, 0.25) is 0 Å². The predicted octanol–water partition coefficient (Wildman–Crippen LogP) is 5.10. The van der Waals surface area contributed by atoms with E-state index in [0.29, 0.717) is 53.9 Å². The molecule has 0 saturated heterocycles. The van der Waals surface area contributed by atoms with Gasteiger partial charge in [-0.25, -0.2) is 4.79 Å². The fourth-order valence-corrected chi connectivity index (χ4v) is 16.1. The van der Waals surface area contributed by atoms with Gasteiger partial charge in [0.05, 0.1) is 41.3 Å². The summed E-state index contributed by atoms with van der Waals surface area (Å²) in [5.41, 5.74) is 0.409. The average Bonchev–Trinajstić information content (AvgIpc) is 2.92. The zero-order valence-electron chi connectivity index (χ0n) is 34.3. The number of hydrogen-bond acceptors (Lipinski definition) is 6. The summed E-state index contributed by atoms with van der Waals surface area (Å²) in [6, 6.07) is 3.32. The standard InChI is InChI=1S/C36H75N5O6Si3/c1-32(2)36(45)46-25-17-16-24-40(3,4)29-33(42)37-21-14-18-27-49(10,11)47-50(12,13)28-19-15-22-38-34(43)30-41(5,6)31-35(44)39-23-20-26-48(7,8)9/h1,14-31H2,2-13H3,(H-2,37,38,39,42,43,44)/p+2. The molecule has 0 aliphatic carbocycles. The van der Waals surface area contributed by atoms with Crippen molar-refractivity contribution in [3.63, 3.8) is 0 Å². The first-order valence-electron chi connectivity index (χ1n) is 18.8. The van der Waals surface area contributed by atoms with Gasteiger partial charge in [-0.05, 0) is 77.3 Å². The molecule has 0 aromatic carbocycles. The van der Waals surface area contributed by atoms with Crippen LogP contribution in [0.2, 0.25) is 64.0 Å². The zero-order chi connectivity index (χ0) is 38.7. The Balaban J connectivity index is 4.21. The second-order valence-corrected chi connectivity index (χ2v) is 32.4. The number of quaternary nitrogens is 2. The smallest absolute Gasteiger partial charge is 0.333 e. The molecule has 0 saturated carbocycles. The monoisotopic (exact) mass is 760 g/mol. The fraction of sp³-hybridized carbons (Fsp3) is 0.833. The number of nitrogens with one attached hydrogen (secondary N) is 3. The quantitative estimate of drug-likeness (QED) is 0.0336. The van der Waals surface area contributed by atoms with Crippen molar-refractivity contribution in [3.8, 4) is 0 Å². The Bertz CT molecular complexity index is 1080. The summed E-state index contributed by atoms with van der Waals surface area (Å²) in [6.45, 7) is 25.7. The third-order valence-corrected chi connectivity index (χ3v) is 17.9. The van der Waals surface area contributed by atoms with Crippen LogP contribution in [0, 0.1) is 0 Å². The van der Waals surface area contributed by atoms with Crippen LogP contribution in [0.1, 0.15) is 51.9 Å². The maximum atomic E-state index is 12.6. The van der Waals surface area contributed by atoms with Crippen molar-refractivity contribution in [2.24, 2.45) is 0 Å². The van der Waals surface area contributed by atoms with Gasteiger partial charge < -0.3 is 33.8 Å². The van der Waals surface area contributed by atoms with Gasteiger partial charge in [-0.15, -0.1) is 0 Å². The Hall–Kier alpha value is -1.85. The molecule has 3 N–H and O–H groups in total. The van der Waals surface area contributed by atoms with Crippen LogP contribution in [0.3, 0.4) is 0 Å². The first-order chi connectivity index (χ1) is 22.8. The van der Waals surface area contributed by atoms with E-state index in [1.165, 1.54) is 6.04 Å². The van der Waals surface area contributed by atoms with Gasteiger partial charge in [-0.3, -0.25) is 14.4 Å². The number of hydrogen-bond donors (Lipinski definition) is 3. The highest BCUT2D eigenvalue weighted by Crippen LogP contribution is 2.24. The van der Waals surface area contributed by atoms with E-state index < -0.39 is 24.7 Å². The molecular formula is C36H77N5O6Si3+2. The zero-order valence-corrected chi connectivity index (χ0v) is 37.3. The number of ether oxygens (including phenoxy) is 1. The number of likely N-dealkylation sites (N-methyl/N-ethyl adjacent to an activating group) is 2. The van der Waals surface area contributed by atoms with Gasteiger partial charge in [0, 0.05) is 33.3 Å². The lowest BCUT2D eigenvalue weighted by Crippen LogP contribution is -2.52. The van der Waals surface area contributed by atoms with Gasteiger partial charge in [0.15, 0.2) is 36.3 Å². The minimum Gasteiger partial charge on any atom is -0.462 e. The molecular weight excluding hydrogens is 683 g/mol. The van der Waals surface area contributed by atoms with E-state index in [2.05, 4.69) is 82.5 Å². The summed E-state index contributed by atoms with van der Waals surface area (Å²) in [5.74, 6) is -0.300. The lowest BCUT2D eigenvalue weighted by molar-refractivity contribution is -0.882. The number of nitrogens with zero attached hydrogens (tertiary/aromatic N) is 2. The molecule has 0 radical (unpaired) electrons. The van der Waals surface area contributed by atoms with Crippen molar-refractivity contribution >= 4 is 48.4 Å². The summed E-state index contributed by atoms with van der Waals surface area (Å²) in [6.07, 6.45) is 6.56. The molecule has 11 nitrogen and oxygen atoms in total. The molecule has 0 spiro atoms. The Morgan fingerprint density at radius 2 is 1.00 bits per heavy atom. The topological polar surface area (TPSA) is 123 Å². The van der Waals surface area contributed by atoms with E-state index in [1.54, 1.807) is 6.92 Å². The molecule has 3 amide bonds. The van der Waals surface area contributed by atoms with Crippen LogP contribution in [0.15, 0.2) is 12.2 Å². The van der Waals surface area contributed by atoms with Gasteiger partial charge in [-0.2, -0.15) is 0 Å². The largest absolute Gasteiger partial charge is 0.462 e. The van der Waals surface area contributed by atoms with Crippen molar-refractivity contribution in [2.75, 3.05) is 80.6 Å². The van der Waals surface area contributed by atoms with E-state index >= 15 is 0 Å². The van der Waals surface area contributed by atoms with Crippen LogP contribution in [0.4, 0.5) is 0 Å². The summed E-state index contributed by atoms with van der Waals surface area (Å²) in [4.78, 5) is 49.0. The van der Waals surface area contributed by atoms with Gasteiger partial charge in [0.1, 0.15) is 0 Å². The lowest BCUT2D eigenvalue weighted by atomic mass is 10.2. The third-order valence-electron chi connectivity index (χ3n) is 8.49. The SMILES string of the molecule is C=C(C)C(=O)OCCCC[N+](C)(C)CC(=O)NCCCC[Si](C)(C)O[Si](C)(C)CCCCNC(=O)C[N+](C)(C)CC(=O)NCCC[Si](C)(C)C. The Labute approximate surface area is 309 Å². The van der Waals surface area contributed by atoms with Crippen LogP contribution in [0.5, 0.6) is 0 Å². The van der Waals surface area contributed by atoms with Crippen molar-refractivity contribution in [2.45, 2.75) is 116 Å². The molecule has 0 aliphatic heterocycles. The summed E-state index contributed by atoms with van der Waals surface area (Å²) in [5, 5.41) is 9.15. The second-order valence-electron chi connectivity index (χ2n) is 17.9. The summed E-state index contributed by atoms with van der Waals surface area (Å²) >= 11 is 0. The molecule has 0 bridgehead atoms. The molecule has 0 aliphatic rings. The number of rotatable bonds is 28. The van der Waals surface area contributed by atoms with E-state index in [4.69, 9.17) is 8.85 Å². The van der Waals surface area contributed by atoms with E-state index in [1.807, 2.05) is 14.1 Å². The second kappa shape index (κ2) is 22.9. The molecule has 0 rings (SSSR count). The summed E-state index contributed by atoms with van der Waals surface area (Å²) in [7, 11) is 3.20.